The summed E-state index contributed by atoms with van der Waals surface area (Å²) in [5, 5.41) is 2.64. The van der Waals surface area contributed by atoms with Crippen molar-refractivity contribution in [2.45, 2.75) is 18.7 Å². The summed E-state index contributed by atoms with van der Waals surface area (Å²) in [5.41, 5.74) is 0.184. The molecule has 2 aromatic rings. The molecule has 12 heteroatoms. The van der Waals surface area contributed by atoms with E-state index < -0.39 is 22.1 Å². The Balaban J connectivity index is 1.99. The quantitative estimate of drug-likeness (QED) is 0.393. The van der Waals surface area contributed by atoms with Crippen LogP contribution in [-0.4, -0.2) is 57.7 Å². The van der Waals surface area contributed by atoms with Crippen LogP contribution in [0.1, 0.15) is 34.6 Å². The number of pyridine rings is 1. The van der Waals surface area contributed by atoms with E-state index >= 15 is 0 Å². The number of carbonyl (C=O) groups is 3. The first-order chi connectivity index (χ1) is 15.3. The molecule has 32 heavy (non-hydrogen) atoms. The molecular weight excluding hydrogens is 442 g/mol. The minimum atomic E-state index is -4.20. The zero-order valence-electron chi connectivity index (χ0n) is 17.5. The SMILES string of the molecule is CCOCCNC(=O)c1ccc(S(=O)(=O)NC(=O)c2ccc(OC(=O)OCC)nc2)cc1. The zero-order valence-corrected chi connectivity index (χ0v) is 18.3. The summed E-state index contributed by atoms with van der Waals surface area (Å²) in [4.78, 5) is 39.1. The standard InChI is InChI=1S/C20H23N3O8S/c1-3-29-12-11-21-18(24)14-5-8-16(9-6-14)32(27,28)23-19(25)15-7-10-17(22-13-15)31-20(26)30-4-2/h5-10,13H,3-4,11-12H2,1-2H3,(H,21,24)(H,23,25). The predicted octanol–water partition coefficient (Wildman–Crippen LogP) is 1.50. The van der Waals surface area contributed by atoms with Crippen molar-refractivity contribution in [3.8, 4) is 5.88 Å². The summed E-state index contributed by atoms with van der Waals surface area (Å²) >= 11 is 0. The monoisotopic (exact) mass is 465 g/mol. The van der Waals surface area contributed by atoms with Gasteiger partial charge in [-0.15, -0.1) is 0 Å². The van der Waals surface area contributed by atoms with Gasteiger partial charge in [-0.25, -0.2) is 22.9 Å². The number of nitrogens with zero attached hydrogens (tertiary/aromatic N) is 1. The highest BCUT2D eigenvalue weighted by atomic mass is 32.2. The fourth-order valence-corrected chi connectivity index (χ4v) is 3.29. The van der Waals surface area contributed by atoms with E-state index in [0.717, 1.165) is 6.20 Å². The number of carbonyl (C=O) groups excluding carboxylic acids is 3. The number of nitrogens with one attached hydrogen (secondary N) is 2. The first kappa shape index (κ1) is 24.8. The van der Waals surface area contributed by atoms with E-state index in [4.69, 9.17) is 9.47 Å². The lowest BCUT2D eigenvalue weighted by Crippen LogP contribution is -2.31. The molecule has 2 amide bonds. The molecule has 0 bridgehead atoms. The Bertz CT molecular complexity index is 1040. The Kier molecular flexibility index (Phi) is 9.10. The van der Waals surface area contributed by atoms with Crippen molar-refractivity contribution < 1.29 is 37.0 Å². The molecule has 0 aliphatic carbocycles. The minimum absolute atomic E-state index is 0.0740. The van der Waals surface area contributed by atoms with Crippen LogP contribution in [0.3, 0.4) is 0 Å². The topological polar surface area (TPSA) is 150 Å². The van der Waals surface area contributed by atoms with Crippen molar-refractivity contribution >= 4 is 28.0 Å². The zero-order chi connectivity index (χ0) is 23.6. The number of hydrogen-bond acceptors (Lipinski definition) is 9. The minimum Gasteiger partial charge on any atom is -0.434 e. The molecule has 0 radical (unpaired) electrons. The normalized spacial score (nSPS) is 10.8. The maximum absolute atomic E-state index is 12.5. The van der Waals surface area contributed by atoms with Crippen LogP contribution in [0.2, 0.25) is 0 Å². The van der Waals surface area contributed by atoms with Gasteiger partial charge in [-0.1, -0.05) is 0 Å². The van der Waals surface area contributed by atoms with Crippen molar-refractivity contribution in [2.24, 2.45) is 0 Å². The summed E-state index contributed by atoms with van der Waals surface area (Å²) in [6, 6.07) is 7.54. The molecule has 1 heterocycles. The van der Waals surface area contributed by atoms with Gasteiger partial charge >= 0.3 is 6.16 Å². The molecule has 0 spiro atoms. The second-order valence-electron chi connectivity index (χ2n) is 6.08. The van der Waals surface area contributed by atoms with Crippen molar-refractivity contribution in [3.63, 3.8) is 0 Å². The van der Waals surface area contributed by atoms with Crippen molar-refractivity contribution in [1.82, 2.24) is 15.0 Å². The summed E-state index contributed by atoms with van der Waals surface area (Å²) in [7, 11) is -4.20. The van der Waals surface area contributed by atoms with Crippen molar-refractivity contribution in [3.05, 3.63) is 53.7 Å². The van der Waals surface area contributed by atoms with Crippen molar-refractivity contribution in [2.75, 3.05) is 26.4 Å². The first-order valence-electron chi connectivity index (χ1n) is 9.60. The van der Waals surface area contributed by atoms with Crippen LogP contribution in [0.5, 0.6) is 5.88 Å². The number of aromatic nitrogens is 1. The Hall–Kier alpha value is -3.51. The van der Waals surface area contributed by atoms with Crippen LogP contribution in [0.15, 0.2) is 47.5 Å². The third-order valence-corrected chi connectivity index (χ3v) is 5.19. The molecule has 1 aromatic carbocycles. The first-order valence-corrected chi connectivity index (χ1v) is 11.1. The molecule has 2 rings (SSSR count). The fourth-order valence-electron chi connectivity index (χ4n) is 2.32. The summed E-state index contributed by atoms with van der Waals surface area (Å²) < 4.78 is 41.3. The Labute approximate surface area is 185 Å². The molecule has 1 aromatic heterocycles. The van der Waals surface area contributed by atoms with Crippen LogP contribution < -0.4 is 14.8 Å². The molecule has 0 saturated heterocycles. The molecule has 0 aliphatic heterocycles. The maximum Gasteiger partial charge on any atom is 0.515 e. The summed E-state index contributed by atoms with van der Waals surface area (Å²) in [6.07, 6.45) is 0.0981. The molecule has 0 saturated carbocycles. The lowest BCUT2D eigenvalue weighted by Gasteiger charge is -2.09. The largest absolute Gasteiger partial charge is 0.515 e. The van der Waals surface area contributed by atoms with E-state index in [1.807, 2.05) is 11.6 Å². The van der Waals surface area contributed by atoms with E-state index in [-0.39, 0.29) is 34.4 Å². The van der Waals surface area contributed by atoms with E-state index in [9.17, 15) is 22.8 Å². The summed E-state index contributed by atoms with van der Waals surface area (Å²) in [6.45, 7) is 4.79. The highest BCUT2D eigenvalue weighted by Crippen LogP contribution is 2.13. The number of ether oxygens (including phenoxy) is 3. The third-order valence-electron chi connectivity index (χ3n) is 3.84. The average molecular weight is 465 g/mol. The van der Waals surface area contributed by atoms with Gasteiger partial charge in [0.1, 0.15) is 0 Å². The summed E-state index contributed by atoms with van der Waals surface area (Å²) in [5.74, 6) is -1.43. The van der Waals surface area contributed by atoms with E-state index in [1.54, 1.807) is 6.92 Å². The van der Waals surface area contributed by atoms with Crippen LogP contribution >= 0.6 is 0 Å². The average Bonchev–Trinajstić information content (AvgIpc) is 2.77. The molecule has 11 nitrogen and oxygen atoms in total. The number of benzene rings is 1. The smallest absolute Gasteiger partial charge is 0.434 e. The van der Waals surface area contributed by atoms with Gasteiger partial charge in [-0.05, 0) is 44.2 Å². The Morgan fingerprint density at radius 3 is 2.22 bits per heavy atom. The highest BCUT2D eigenvalue weighted by molar-refractivity contribution is 7.90. The van der Waals surface area contributed by atoms with E-state index in [2.05, 4.69) is 15.0 Å². The van der Waals surface area contributed by atoms with Gasteiger partial charge in [-0.3, -0.25) is 9.59 Å². The van der Waals surface area contributed by atoms with Crippen LogP contribution in [0.25, 0.3) is 0 Å². The van der Waals surface area contributed by atoms with E-state index in [0.29, 0.717) is 19.8 Å². The molecule has 0 fully saturated rings. The van der Waals surface area contributed by atoms with Gasteiger partial charge in [0.25, 0.3) is 21.8 Å². The number of sulfonamides is 1. The van der Waals surface area contributed by atoms with Crippen molar-refractivity contribution in [1.29, 1.82) is 0 Å². The Morgan fingerprint density at radius 1 is 0.938 bits per heavy atom. The second kappa shape index (κ2) is 11.8. The van der Waals surface area contributed by atoms with Crippen LogP contribution in [-0.2, 0) is 19.5 Å². The lowest BCUT2D eigenvalue weighted by molar-refractivity contribution is 0.0920. The van der Waals surface area contributed by atoms with Crippen LogP contribution in [0.4, 0.5) is 4.79 Å². The Morgan fingerprint density at radius 2 is 1.62 bits per heavy atom. The van der Waals surface area contributed by atoms with Gasteiger partial charge < -0.3 is 19.5 Å². The molecule has 0 aliphatic rings. The lowest BCUT2D eigenvalue weighted by atomic mass is 10.2. The third kappa shape index (κ3) is 7.32. The van der Waals surface area contributed by atoms with E-state index in [1.165, 1.54) is 36.4 Å². The molecule has 0 unspecified atom stereocenters. The van der Waals surface area contributed by atoms with Crippen LogP contribution in [0, 0.1) is 0 Å². The van der Waals surface area contributed by atoms with Gasteiger partial charge in [0, 0.05) is 31.0 Å². The molecule has 2 N–H and O–H groups in total. The van der Waals surface area contributed by atoms with Gasteiger partial charge in [0.15, 0.2) is 0 Å². The highest BCUT2D eigenvalue weighted by Gasteiger charge is 2.20. The van der Waals surface area contributed by atoms with Gasteiger partial charge in [-0.2, -0.15) is 0 Å². The fraction of sp³-hybridized carbons (Fsp3) is 0.300. The number of amides is 2. The second-order valence-corrected chi connectivity index (χ2v) is 7.76. The van der Waals surface area contributed by atoms with Gasteiger partial charge in [0.2, 0.25) is 5.88 Å². The number of rotatable bonds is 10. The molecule has 172 valence electrons. The number of hydrogen-bond donors (Lipinski definition) is 2. The maximum atomic E-state index is 12.5. The molecule has 0 atom stereocenters. The molecular formula is C20H23N3O8S. The predicted molar refractivity (Wildman–Crippen MR) is 112 cm³/mol. The van der Waals surface area contributed by atoms with Gasteiger partial charge in [0.05, 0.1) is 23.7 Å².